The van der Waals surface area contributed by atoms with Gasteiger partial charge in [0, 0.05) is 6.42 Å². The zero-order valence-electron chi connectivity index (χ0n) is 22.4. The summed E-state index contributed by atoms with van der Waals surface area (Å²) in [7, 11) is 0. The molecule has 0 aromatic carbocycles. The van der Waals surface area contributed by atoms with Crippen LogP contribution in [0.5, 0.6) is 0 Å². The summed E-state index contributed by atoms with van der Waals surface area (Å²) < 4.78 is 5.57. The van der Waals surface area contributed by atoms with Gasteiger partial charge in [-0.3, -0.25) is 4.79 Å². The number of hydrogen-bond acceptors (Lipinski definition) is 3. The fraction of sp³-hybridized carbons (Fsp3) is 0.966. The molecule has 3 nitrogen and oxygen atoms in total. The second-order valence-electron chi connectivity index (χ2n) is 10.1. The Morgan fingerprint density at radius 2 is 0.906 bits per heavy atom. The van der Waals surface area contributed by atoms with Gasteiger partial charge in [0.05, 0.1) is 5.41 Å². The van der Waals surface area contributed by atoms with Crippen LogP contribution >= 0.6 is 0 Å². The Morgan fingerprint density at radius 3 is 1.22 bits per heavy atom. The second-order valence-corrected chi connectivity index (χ2v) is 10.1. The van der Waals surface area contributed by atoms with Crippen LogP contribution in [0.15, 0.2) is 0 Å². The first-order valence-corrected chi connectivity index (χ1v) is 14.4. The van der Waals surface area contributed by atoms with Gasteiger partial charge >= 0.3 is 5.97 Å². The number of carbonyl (C=O) groups is 1. The first kappa shape index (κ1) is 31.4. The van der Waals surface area contributed by atoms with Crippen molar-refractivity contribution in [2.45, 2.75) is 175 Å². The average molecular weight is 455 g/mol. The highest BCUT2D eigenvalue weighted by Gasteiger charge is 2.39. The van der Waals surface area contributed by atoms with Crippen molar-refractivity contribution < 1.29 is 14.6 Å². The Hall–Kier alpha value is -0.570. The van der Waals surface area contributed by atoms with Gasteiger partial charge in [0.1, 0.15) is 0 Å². The van der Waals surface area contributed by atoms with Crippen LogP contribution in [0.1, 0.15) is 169 Å². The summed E-state index contributed by atoms with van der Waals surface area (Å²) >= 11 is 0. The number of aliphatic hydroxyl groups is 1. The van der Waals surface area contributed by atoms with Crippen molar-refractivity contribution in [3.63, 3.8) is 0 Å². The van der Waals surface area contributed by atoms with Crippen LogP contribution < -0.4 is 0 Å². The van der Waals surface area contributed by atoms with Crippen molar-refractivity contribution >= 4 is 5.97 Å². The molecule has 0 aromatic heterocycles. The molecule has 1 N–H and O–H groups in total. The third-order valence-corrected chi connectivity index (χ3v) is 7.05. The summed E-state index contributed by atoms with van der Waals surface area (Å²) in [6.45, 7) is 8.62. The Balaban J connectivity index is 5.02. The Labute approximate surface area is 201 Å². The monoisotopic (exact) mass is 454 g/mol. The minimum atomic E-state index is -0.958. The maximum Gasteiger partial charge on any atom is 0.314 e. The Kier molecular flexibility index (Phi) is 21.8. The van der Waals surface area contributed by atoms with Gasteiger partial charge in [0.15, 0.2) is 6.29 Å². The highest BCUT2D eigenvalue weighted by Crippen LogP contribution is 2.39. The summed E-state index contributed by atoms with van der Waals surface area (Å²) in [5.41, 5.74) is -0.392. The Morgan fingerprint density at radius 1 is 0.594 bits per heavy atom. The average Bonchev–Trinajstić information content (AvgIpc) is 2.79. The summed E-state index contributed by atoms with van der Waals surface area (Å²) in [5.74, 6) is -0.123. The smallest absolute Gasteiger partial charge is 0.314 e. The van der Waals surface area contributed by atoms with Crippen LogP contribution in [-0.4, -0.2) is 17.4 Å². The standard InChI is InChI=1S/C29H58O3/c1-5-9-12-15-18-21-24-29(28(31)32-27(30)8-4,25-22-19-16-13-10-6-2)26-23-20-17-14-11-7-3/h27,30H,5-26H2,1-4H3. The van der Waals surface area contributed by atoms with Gasteiger partial charge in [0.25, 0.3) is 0 Å². The minimum Gasteiger partial charge on any atom is -0.436 e. The molecule has 0 radical (unpaired) electrons. The molecule has 32 heavy (non-hydrogen) atoms. The second kappa shape index (κ2) is 22.2. The molecular weight excluding hydrogens is 396 g/mol. The van der Waals surface area contributed by atoms with Crippen molar-refractivity contribution in [1.82, 2.24) is 0 Å². The van der Waals surface area contributed by atoms with Gasteiger partial charge in [-0.05, 0) is 19.3 Å². The van der Waals surface area contributed by atoms with Crippen LogP contribution in [0.3, 0.4) is 0 Å². The normalized spacial score (nSPS) is 12.8. The van der Waals surface area contributed by atoms with Crippen LogP contribution in [0.25, 0.3) is 0 Å². The van der Waals surface area contributed by atoms with E-state index in [0.717, 1.165) is 38.5 Å². The number of carbonyl (C=O) groups excluding carboxylic acids is 1. The number of hydrogen-bond donors (Lipinski definition) is 1. The predicted molar refractivity (Wildman–Crippen MR) is 139 cm³/mol. The molecule has 0 heterocycles. The molecule has 0 saturated heterocycles. The molecule has 0 aliphatic rings. The Bertz CT molecular complexity index is 366. The van der Waals surface area contributed by atoms with Crippen molar-refractivity contribution in [1.29, 1.82) is 0 Å². The maximum atomic E-state index is 13.4. The van der Waals surface area contributed by atoms with Gasteiger partial charge < -0.3 is 9.84 Å². The zero-order valence-corrected chi connectivity index (χ0v) is 22.4. The highest BCUT2D eigenvalue weighted by molar-refractivity contribution is 5.76. The van der Waals surface area contributed by atoms with E-state index < -0.39 is 11.7 Å². The number of rotatable bonds is 24. The molecule has 1 atom stereocenters. The third-order valence-electron chi connectivity index (χ3n) is 7.05. The van der Waals surface area contributed by atoms with Gasteiger partial charge in [0.2, 0.25) is 0 Å². The number of esters is 1. The molecule has 0 rings (SSSR count). The molecule has 0 fully saturated rings. The van der Waals surface area contributed by atoms with Gasteiger partial charge in [-0.1, -0.05) is 143 Å². The highest BCUT2D eigenvalue weighted by atomic mass is 16.6. The fourth-order valence-electron chi connectivity index (χ4n) is 4.74. The van der Waals surface area contributed by atoms with E-state index in [-0.39, 0.29) is 5.97 Å². The molecule has 192 valence electrons. The quantitative estimate of drug-likeness (QED) is 0.0897. The van der Waals surface area contributed by atoms with E-state index in [1.807, 2.05) is 6.92 Å². The van der Waals surface area contributed by atoms with E-state index in [2.05, 4.69) is 20.8 Å². The topological polar surface area (TPSA) is 46.5 Å². The molecule has 0 aromatic rings. The molecular formula is C29H58O3. The SMILES string of the molecule is CCCCCCCCC(CCCCCCCC)(CCCCCCCC)C(=O)OC(O)CC. The van der Waals surface area contributed by atoms with Gasteiger partial charge in [-0.2, -0.15) is 0 Å². The zero-order chi connectivity index (χ0) is 23.9. The first-order valence-electron chi connectivity index (χ1n) is 14.4. The molecule has 0 saturated carbocycles. The maximum absolute atomic E-state index is 13.4. The number of aliphatic hydroxyl groups excluding tert-OH is 1. The third kappa shape index (κ3) is 16.1. The van der Waals surface area contributed by atoms with Crippen LogP contribution in [-0.2, 0) is 9.53 Å². The molecule has 0 aliphatic heterocycles. The number of ether oxygens (including phenoxy) is 1. The van der Waals surface area contributed by atoms with Crippen molar-refractivity contribution in [2.24, 2.45) is 5.41 Å². The van der Waals surface area contributed by atoms with E-state index in [9.17, 15) is 9.90 Å². The van der Waals surface area contributed by atoms with Gasteiger partial charge in [-0.15, -0.1) is 0 Å². The van der Waals surface area contributed by atoms with Crippen LogP contribution in [0.4, 0.5) is 0 Å². The summed E-state index contributed by atoms with van der Waals surface area (Å²) in [6.07, 6.45) is 24.7. The van der Waals surface area contributed by atoms with Crippen molar-refractivity contribution in [2.75, 3.05) is 0 Å². The number of unbranched alkanes of at least 4 members (excludes halogenated alkanes) is 15. The van der Waals surface area contributed by atoms with Crippen molar-refractivity contribution in [3.8, 4) is 0 Å². The lowest BCUT2D eigenvalue weighted by Gasteiger charge is -2.33. The first-order chi connectivity index (χ1) is 15.6. The lowest BCUT2D eigenvalue weighted by atomic mass is 9.74. The largest absolute Gasteiger partial charge is 0.436 e. The lowest BCUT2D eigenvalue weighted by Crippen LogP contribution is -2.36. The summed E-state index contributed by atoms with van der Waals surface area (Å²) in [4.78, 5) is 13.4. The van der Waals surface area contributed by atoms with E-state index >= 15 is 0 Å². The molecule has 0 amide bonds. The van der Waals surface area contributed by atoms with E-state index in [4.69, 9.17) is 4.74 Å². The molecule has 0 bridgehead atoms. The molecule has 0 aliphatic carbocycles. The van der Waals surface area contributed by atoms with E-state index in [0.29, 0.717) is 6.42 Å². The summed E-state index contributed by atoms with van der Waals surface area (Å²) in [5, 5.41) is 10.1. The van der Waals surface area contributed by atoms with E-state index in [1.165, 1.54) is 96.3 Å². The van der Waals surface area contributed by atoms with E-state index in [1.54, 1.807) is 0 Å². The molecule has 3 heteroatoms. The van der Waals surface area contributed by atoms with Crippen LogP contribution in [0.2, 0.25) is 0 Å². The predicted octanol–water partition coefficient (Wildman–Crippen LogP) is 9.50. The van der Waals surface area contributed by atoms with Gasteiger partial charge in [-0.25, -0.2) is 0 Å². The fourth-order valence-corrected chi connectivity index (χ4v) is 4.74. The van der Waals surface area contributed by atoms with Crippen molar-refractivity contribution in [3.05, 3.63) is 0 Å². The molecule has 0 spiro atoms. The minimum absolute atomic E-state index is 0.123. The molecule has 1 unspecified atom stereocenters. The lowest BCUT2D eigenvalue weighted by molar-refractivity contribution is -0.182. The van der Waals surface area contributed by atoms with Crippen LogP contribution in [0, 0.1) is 5.41 Å². The summed E-state index contributed by atoms with van der Waals surface area (Å²) in [6, 6.07) is 0.